The molecule has 7 nitrogen and oxygen atoms in total. The summed E-state index contributed by atoms with van der Waals surface area (Å²) >= 11 is 0. The highest BCUT2D eigenvalue weighted by atomic mass is 16.5. The average molecular weight is 489 g/mol. The maximum absolute atomic E-state index is 6.04. The zero-order valence-corrected chi connectivity index (χ0v) is 20.4. The molecule has 7 heteroatoms. The molecule has 0 aliphatic rings. The minimum absolute atomic E-state index is 0.264. The third-order valence-corrected chi connectivity index (χ3v) is 6.57. The molecule has 5 N–H and O–H groups in total. The quantitative estimate of drug-likeness (QED) is 0.204. The molecule has 37 heavy (non-hydrogen) atoms. The summed E-state index contributed by atoms with van der Waals surface area (Å²) in [5, 5.41) is 5.84. The van der Waals surface area contributed by atoms with Crippen LogP contribution in [0.2, 0.25) is 0 Å². The fraction of sp³-hybridized carbons (Fsp3) is 0.133. The molecule has 184 valence electrons. The topological polar surface area (TPSA) is 105 Å². The molecule has 0 spiro atoms. The van der Waals surface area contributed by atoms with Crippen molar-refractivity contribution in [3.8, 4) is 5.75 Å². The number of rotatable bonds is 9. The van der Waals surface area contributed by atoms with E-state index >= 15 is 0 Å². The van der Waals surface area contributed by atoms with Gasteiger partial charge in [0, 0.05) is 53.5 Å². The van der Waals surface area contributed by atoms with Crippen LogP contribution in [0.25, 0.3) is 21.8 Å². The van der Waals surface area contributed by atoms with Gasteiger partial charge in [0.25, 0.3) is 0 Å². The normalized spacial score (nSPS) is 11.2. The van der Waals surface area contributed by atoms with E-state index in [0.29, 0.717) is 13.2 Å². The van der Waals surface area contributed by atoms with Gasteiger partial charge in [0.2, 0.25) is 5.95 Å². The summed E-state index contributed by atoms with van der Waals surface area (Å²) in [4.78, 5) is 15.3. The fourth-order valence-electron chi connectivity index (χ4n) is 4.65. The molecule has 0 atom stereocenters. The largest absolute Gasteiger partial charge is 0.489 e. The minimum atomic E-state index is 0.264. The molecule has 0 bridgehead atoms. The lowest BCUT2D eigenvalue weighted by Gasteiger charge is -2.12. The van der Waals surface area contributed by atoms with Gasteiger partial charge in [-0.05, 0) is 64.9 Å². The van der Waals surface area contributed by atoms with Crippen LogP contribution in [0.1, 0.15) is 22.3 Å². The van der Waals surface area contributed by atoms with Gasteiger partial charge in [-0.2, -0.15) is 4.98 Å². The van der Waals surface area contributed by atoms with Crippen molar-refractivity contribution in [2.75, 3.05) is 17.6 Å². The van der Waals surface area contributed by atoms with E-state index in [2.05, 4.69) is 80.0 Å². The van der Waals surface area contributed by atoms with Gasteiger partial charge in [-0.1, -0.05) is 36.4 Å². The fourth-order valence-corrected chi connectivity index (χ4v) is 4.65. The van der Waals surface area contributed by atoms with E-state index in [9.17, 15) is 0 Å². The molecular formula is C30H28N6O. The van der Waals surface area contributed by atoms with Crippen molar-refractivity contribution in [2.45, 2.75) is 19.4 Å². The first-order valence-electron chi connectivity index (χ1n) is 12.4. The average Bonchev–Trinajstić information content (AvgIpc) is 3.56. The SMILES string of the molecule is Nc1ncc(Cc2ccc3[nH]ccc3c2)c(NCCc2c[nH]c3ccc(OCc4ccccc4)cc23)n1. The van der Waals surface area contributed by atoms with Crippen LogP contribution in [0.5, 0.6) is 5.75 Å². The van der Waals surface area contributed by atoms with Crippen molar-refractivity contribution in [2.24, 2.45) is 0 Å². The van der Waals surface area contributed by atoms with Crippen molar-refractivity contribution in [3.05, 3.63) is 114 Å². The number of nitrogens with two attached hydrogens (primary N) is 1. The number of nitrogens with zero attached hydrogens (tertiary/aromatic N) is 2. The molecule has 0 saturated carbocycles. The van der Waals surface area contributed by atoms with Gasteiger partial charge in [0.05, 0.1) is 0 Å². The molecule has 0 fully saturated rings. The van der Waals surface area contributed by atoms with E-state index in [1.165, 1.54) is 16.5 Å². The molecule has 0 saturated heterocycles. The first-order valence-corrected chi connectivity index (χ1v) is 12.4. The minimum Gasteiger partial charge on any atom is -0.489 e. The van der Waals surface area contributed by atoms with Crippen LogP contribution in [-0.4, -0.2) is 26.5 Å². The van der Waals surface area contributed by atoms with Gasteiger partial charge in [0.15, 0.2) is 0 Å². The second kappa shape index (κ2) is 10.1. The van der Waals surface area contributed by atoms with Gasteiger partial charge >= 0.3 is 0 Å². The zero-order valence-electron chi connectivity index (χ0n) is 20.4. The molecule has 6 aromatic rings. The highest BCUT2D eigenvalue weighted by molar-refractivity contribution is 5.84. The van der Waals surface area contributed by atoms with E-state index in [1.54, 1.807) is 0 Å². The van der Waals surface area contributed by atoms with E-state index in [-0.39, 0.29) is 5.95 Å². The molecular weight excluding hydrogens is 460 g/mol. The Morgan fingerprint density at radius 3 is 2.68 bits per heavy atom. The number of hydrogen-bond acceptors (Lipinski definition) is 5. The van der Waals surface area contributed by atoms with E-state index in [4.69, 9.17) is 10.5 Å². The van der Waals surface area contributed by atoms with Crippen molar-refractivity contribution in [3.63, 3.8) is 0 Å². The van der Waals surface area contributed by atoms with Gasteiger partial charge in [-0.3, -0.25) is 0 Å². The van der Waals surface area contributed by atoms with Crippen LogP contribution in [-0.2, 0) is 19.4 Å². The van der Waals surface area contributed by atoms with Gasteiger partial charge in [0.1, 0.15) is 18.2 Å². The Kier molecular flexibility index (Phi) is 6.17. The zero-order chi connectivity index (χ0) is 25.0. The standard InChI is InChI=1S/C30H28N6O/c31-30-35-18-24(15-21-6-8-27-22(14-21)10-12-32-27)29(36-30)33-13-11-23-17-34-28-9-7-25(16-26(23)28)37-19-20-4-2-1-3-5-20/h1-10,12,14,16-18,32,34H,11,13,15,19H2,(H3,31,33,35,36). The van der Waals surface area contributed by atoms with Crippen LogP contribution >= 0.6 is 0 Å². The molecule has 3 aromatic carbocycles. The number of aromatic nitrogens is 4. The van der Waals surface area contributed by atoms with Crippen LogP contribution in [0.15, 0.2) is 91.4 Å². The maximum atomic E-state index is 6.04. The summed E-state index contributed by atoms with van der Waals surface area (Å²) in [6.45, 7) is 1.25. The number of benzene rings is 3. The third-order valence-electron chi connectivity index (χ3n) is 6.57. The number of H-pyrrole nitrogens is 2. The highest BCUT2D eigenvalue weighted by Crippen LogP contribution is 2.26. The smallest absolute Gasteiger partial charge is 0.221 e. The lowest BCUT2D eigenvalue weighted by Crippen LogP contribution is -2.11. The monoisotopic (exact) mass is 488 g/mol. The predicted molar refractivity (Wildman–Crippen MR) is 149 cm³/mol. The van der Waals surface area contributed by atoms with E-state index in [1.807, 2.05) is 36.7 Å². The number of anilines is 2. The Labute approximate surface area is 214 Å². The number of nitrogens with one attached hydrogen (secondary N) is 3. The molecule has 6 rings (SSSR count). The van der Waals surface area contributed by atoms with E-state index < -0.39 is 0 Å². The Balaban J connectivity index is 1.14. The lowest BCUT2D eigenvalue weighted by atomic mass is 10.0. The van der Waals surface area contributed by atoms with Gasteiger partial charge in [-0.25, -0.2) is 4.98 Å². The molecule has 0 unspecified atom stereocenters. The Hall–Kier alpha value is -4.78. The first kappa shape index (κ1) is 22.7. The number of fused-ring (bicyclic) bond motifs is 2. The molecule has 3 aromatic heterocycles. The number of hydrogen-bond donors (Lipinski definition) is 4. The summed E-state index contributed by atoms with van der Waals surface area (Å²) in [6.07, 6.45) is 7.37. The van der Waals surface area contributed by atoms with Crippen molar-refractivity contribution < 1.29 is 4.74 Å². The first-order chi connectivity index (χ1) is 18.2. The van der Waals surface area contributed by atoms with Crippen LogP contribution < -0.4 is 15.8 Å². The Morgan fingerprint density at radius 1 is 0.865 bits per heavy atom. The highest BCUT2D eigenvalue weighted by Gasteiger charge is 2.10. The Morgan fingerprint density at radius 2 is 1.76 bits per heavy atom. The molecule has 0 radical (unpaired) electrons. The number of aromatic amines is 2. The summed E-state index contributed by atoms with van der Waals surface area (Å²) in [6, 6.07) is 24.9. The van der Waals surface area contributed by atoms with Crippen molar-refractivity contribution in [1.29, 1.82) is 0 Å². The second-order valence-corrected chi connectivity index (χ2v) is 9.15. The van der Waals surface area contributed by atoms with Crippen LogP contribution in [0, 0.1) is 0 Å². The van der Waals surface area contributed by atoms with Gasteiger partial charge in [-0.15, -0.1) is 0 Å². The molecule has 0 amide bonds. The van der Waals surface area contributed by atoms with Crippen LogP contribution in [0.3, 0.4) is 0 Å². The summed E-state index contributed by atoms with van der Waals surface area (Å²) in [7, 11) is 0. The number of nitrogen functional groups attached to an aromatic ring is 1. The van der Waals surface area contributed by atoms with Crippen molar-refractivity contribution in [1.82, 2.24) is 19.9 Å². The van der Waals surface area contributed by atoms with Crippen molar-refractivity contribution >= 4 is 33.6 Å². The van der Waals surface area contributed by atoms with Gasteiger partial charge < -0.3 is 25.8 Å². The van der Waals surface area contributed by atoms with Crippen LogP contribution in [0.4, 0.5) is 11.8 Å². The summed E-state index contributed by atoms with van der Waals surface area (Å²) < 4.78 is 6.04. The van der Waals surface area contributed by atoms with E-state index in [0.717, 1.165) is 52.0 Å². The maximum Gasteiger partial charge on any atom is 0.221 e. The Bertz CT molecular complexity index is 1650. The second-order valence-electron chi connectivity index (χ2n) is 9.15. The summed E-state index contributed by atoms with van der Waals surface area (Å²) in [5.41, 5.74) is 12.7. The predicted octanol–water partition coefficient (Wildman–Crippen LogP) is 5.85. The third kappa shape index (κ3) is 5.11. The molecule has 0 aliphatic carbocycles. The number of ether oxygens (including phenoxy) is 1. The molecule has 0 aliphatic heterocycles. The molecule has 3 heterocycles. The summed E-state index contributed by atoms with van der Waals surface area (Å²) in [5.74, 6) is 1.89. The lowest BCUT2D eigenvalue weighted by molar-refractivity contribution is 0.306.